The molecule has 0 amide bonds. The van der Waals surface area contributed by atoms with Gasteiger partial charge in [-0.2, -0.15) is 0 Å². The Hall–Kier alpha value is -2.59. The van der Waals surface area contributed by atoms with Gasteiger partial charge in [-0.3, -0.25) is 4.99 Å². The molecule has 1 heterocycles. The van der Waals surface area contributed by atoms with E-state index in [-0.39, 0.29) is 0 Å². The third-order valence-corrected chi connectivity index (χ3v) is 5.04. The van der Waals surface area contributed by atoms with E-state index in [1.165, 1.54) is 11.3 Å². The molecule has 4 heteroatoms. The molecule has 2 aromatic carbocycles. The van der Waals surface area contributed by atoms with Crippen LogP contribution in [-0.2, 0) is 6.42 Å². The van der Waals surface area contributed by atoms with E-state index in [2.05, 4.69) is 71.2 Å². The molecule has 0 atom stereocenters. The van der Waals surface area contributed by atoms with E-state index in [0.29, 0.717) is 6.67 Å². The summed E-state index contributed by atoms with van der Waals surface area (Å²) < 4.78 is 5.25. The van der Waals surface area contributed by atoms with E-state index >= 15 is 0 Å². The lowest BCUT2D eigenvalue weighted by Crippen LogP contribution is -2.25. The Morgan fingerprint density at radius 2 is 1.85 bits per heavy atom. The highest BCUT2D eigenvalue weighted by Crippen LogP contribution is 2.24. The molecule has 0 aromatic heterocycles. The van der Waals surface area contributed by atoms with Crippen molar-refractivity contribution < 1.29 is 4.74 Å². The van der Waals surface area contributed by atoms with Gasteiger partial charge in [-0.25, -0.2) is 0 Å². The number of benzene rings is 2. The van der Waals surface area contributed by atoms with Crippen LogP contribution in [0.1, 0.15) is 25.0 Å². The molecule has 142 valence electrons. The van der Waals surface area contributed by atoms with Crippen LogP contribution in [0.5, 0.6) is 5.75 Å². The first kappa shape index (κ1) is 19.2. The van der Waals surface area contributed by atoms with E-state index < -0.39 is 0 Å². The highest BCUT2D eigenvalue weighted by atomic mass is 16.5. The second kappa shape index (κ2) is 9.38. The van der Waals surface area contributed by atoms with E-state index in [4.69, 9.17) is 4.74 Å². The fourth-order valence-corrected chi connectivity index (χ4v) is 3.28. The van der Waals surface area contributed by atoms with Crippen LogP contribution < -0.4 is 9.64 Å². The molecule has 3 rings (SSSR count). The van der Waals surface area contributed by atoms with Gasteiger partial charge in [0.2, 0.25) is 0 Å². The van der Waals surface area contributed by atoms with Crippen molar-refractivity contribution in [2.75, 3.05) is 38.3 Å². The molecule has 2 aromatic rings. The summed E-state index contributed by atoms with van der Waals surface area (Å²) in [5.41, 5.74) is 4.81. The number of rotatable bonds is 8. The van der Waals surface area contributed by atoms with E-state index in [9.17, 15) is 0 Å². The molecule has 1 aliphatic rings. The molecule has 27 heavy (non-hydrogen) atoms. The minimum Gasteiger partial charge on any atom is -0.497 e. The average Bonchev–Trinajstić information content (AvgIpc) is 2.75. The third-order valence-electron chi connectivity index (χ3n) is 5.04. The summed E-state index contributed by atoms with van der Waals surface area (Å²) in [7, 11) is 1.69. The predicted molar refractivity (Wildman–Crippen MR) is 115 cm³/mol. The minimum atomic E-state index is 0.652. The summed E-state index contributed by atoms with van der Waals surface area (Å²) >= 11 is 0. The first-order valence-electron chi connectivity index (χ1n) is 9.67. The smallest absolute Gasteiger partial charge is 0.118 e. The van der Waals surface area contributed by atoms with Gasteiger partial charge in [0.15, 0.2) is 0 Å². The van der Waals surface area contributed by atoms with E-state index in [0.717, 1.165) is 42.9 Å². The van der Waals surface area contributed by atoms with Crippen molar-refractivity contribution >= 4 is 17.5 Å². The minimum absolute atomic E-state index is 0.652. The van der Waals surface area contributed by atoms with Gasteiger partial charge in [0.05, 0.1) is 7.11 Å². The largest absolute Gasteiger partial charge is 0.497 e. The van der Waals surface area contributed by atoms with Gasteiger partial charge in [-0.1, -0.05) is 38.1 Å². The third kappa shape index (κ3) is 4.98. The molecular formula is C23H29N3O. The second-order valence-electron chi connectivity index (χ2n) is 6.68. The maximum atomic E-state index is 5.25. The fourth-order valence-electron chi connectivity index (χ4n) is 3.28. The van der Waals surface area contributed by atoms with Crippen LogP contribution in [0.2, 0.25) is 0 Å². The first-order valence-corrected chi connectivity index (χ1v) is 9.67. The molecule has 4 nitrogen and oxygen atoms in total. The van der Waals surface area contributed by atoms with Crippen LogP contribution in [0.3, 0.4) is 0 Å². The number of anilines is 1. The lowest BCUT2D eigenvalue weighted by Gasteiger charge is -2.24. The monoisotopic (exact) mass is 363 g/mol. The van der Waals surface area contributed by atoms with Crippen molar-refractivity contribution in [2.45, 2.75) is 20.3 Å². The Bertz CT molecular complexity index is 792. The summed E-state index contributed by atoms with van der Waals surface area (Å²) in [4.78, 5) is 9.23. The Kier molecular flexibility index (Phi) is 6.66. The number of hydrogen-bond donors (Lipinski definition) is 0. The first-order chi connectivity index (χ1) is 13.2. The van der Waals surface area contributed by atoms with Crippen LogP contribution in [-0.4, -0.2) is 44.5 Å². The quantitative estimate of drug-likeness (QED) is 0.693. The molecule has 0 spiro atoms. The number of nitrogens with zero attached hydrogens (tertiary/aromatic N) is 3. The second-order valence-corrected chi connectivity index (χ2v) is 6.68. The van der Waals surface area contributed by atoms with Crippen LogP contribution in [0.4, 0.5) is 5.69 Å². The Morgan fingerprint density at radius 1 is 1.07 bits per heavy atom. The van der Waals surface area contributed by atoms with Gasteiger partial charge < -0.3 is 14.5 Å². The number of likely N-dealkylation sites (N-methyl/N-ethyl adjacent to an activating group) is 1. The topological polar surface area (TPSA) is 28.1 Å². The molecule has 0 radical (unpaired) electrons. The number of ether oxygens (including phenoxy) is 1. The zero-order valence-electron chi connectivity index (χ0n) is 16.6. The predicted octanol–water partition coefficient (Wildman–Crippen LogP) is 4.47. The standard InChI is InChI=1S/C23H29N3O/c1-4-25(5-2)14-13-19-7-6-8-22(15-19)26-17-21(16-24-18-26)20-9-11-23(27-3)12-10-20/h6-12,15-17H,4-5,13-14,18H2,1-3H3. The molecule has 0 fully saturated rings. The van der Waals surface area contributed by atoms with Crippen LogP contribution in [0.15, 0.2) is 59.7 Å². The molecular weight excluding hydrogens is 334 g/mol. The van der Waals surface area contributed by atoms with Crippen LogP contribution in [0.25, 0.3) is 5.57 Å². The Labute approximate surface area is 162 Å². The van der Waals surface area contributed by atoms with Gasteiger partial charge in [-0.05, 0) is 54.9 Å². The molecule has 0 aliphatic carbocycles. The number of allylic oxidation sites excluding steroid dienone is 1. The maximum absolute atomic E-state index is 5.25. The zero-order valence-corrected chi connectivity index (χ0v) is 16.6. The van der Waals surface area contributed by atoms with Crippen molar-refractivity contribution in [1.29, 1.82) is 0 Å². The number of methoxy groups -OCH3 is 1. The zero-order chi connectivity index (χ0) is 19.1. The number of hydrogen-bond acceptors (Lipinski definition) is 4. The average molecular weight is 364 g/mol. The summed E-state index contributed by atoms with van der Waals surface area (Å²) in [5, 5.41) is 0. The Morgan fingerprint density at radius 3 is 2.56 bits per heavy atom. The van der Waals surface area contributed by atoms with Crippen molar-refractivity contribution in [1.82, 2.24) is 4.90 Å². The summed E-state index contributed by atoms with van der Waals surface area (Å²) in [5.74, 6) is 0.866. The van der Waals surface area contributed by atoms with Gasteiger partial charge in [0, 0.05) is 30.2 Å². The molecule has 0 N–H and O–H groups in total. The highest BCUT2D eigenvalue weighted by molar-refractivity contribution is 6.11. The summed E-state index contributed by atoms with van der Waals surface area (Å²) in [6.07, 6.45) is 5.20. The molecule has 0 unspecified atom stereocenters. The molecule has 0 saturated heterocycles. The highest BCUT2D eigenvalue weighted by Gasteiger charge is 2.11. The van der Waals surface area contributed by atoms with E-state index in [1.54, 1.807) is 7.11 Å². The fraction of sp³-hybridized carbons (Fsp3) is 0.348. The van der Waals surface area contributed by atoms with Gasteiger partial charge in [0.1, 0.15) is 12.4 Å². The molecule has 0 saturated carbocycles. The van der Waals surface area contributed by atoms with Crippen molar-refractivity contribution in [2.24, 2.45) is 4.99 Å². The Balaban J connectivity index is 1.74. The summed E-state index contributed by atoms with van der Waals surface area (Å²) in [6.45, 7) is 8.39. The van der Waals surface area contributed by atoms with Crippen molar-refractivity contribution in [3.8, 4) is 5.75 Å². The lowest BCUT2D eigenvalue weighted by atomic mass is 10.1. The van der Waals surface area contributed by atoms with Gasteiger partial charge in [-0.15, -0.1) is 0 Å². The normalized spacial score (nSPS) is 13.8. The van der Waals surface area contributed by atoms with Crippen molar-refractivity contribution in [3.05, 3.63) is 65.9 Å². The van der Waals surface area contributed by atoms with Gasteiger partial charge in [0.25, 0.3) is 0 Å². The SMILES string of the molecule is CCN(CC)CCc1cccc(N2C=C(c3ccc(OC)cc3)C=NC2)c1. The maximum Gasteiger partial charge on any atom is 0.118 e. The summed E-state index contributed by atoms with van der Waals surface area (Å²) in [6, 6.07) is 16.9. The van der Waals surface area contributed by atoms with Crippen LogP contribution in [0, 0.1) is 0 Å². The molecule has 1 aliphatic heterocycles. The molecule has 0 bridgehead atoms. The van der Waals surface area contributed by atoms with Gasteiger partial charge >= 0.3 is 0 Å². The number of aliphatic imine (C=N–C) groups is 1. The van der Waals surface area contributed by atoms with Crippen molar-refractivity contribution in [3.63, 3.8) is 0 Å². The van der Waals surface area contributed by atoms with Crippen LogP contribution >= 0.6 is 0 Å². The van der Waals surface area contributed by atoms with E-state index in [1.807, 2.05) is 18.3 Å². The lowest BCUT2D eigenvalue weighted by molar-refractivity contribution is 0.308.